The Labute approximate surface area is 99.3 Å². The molecule has 1 saturated heterocycles. The monoisotopic (exact) mass is 226 g/mol. The molecule has 0 aromatic rings. The van der Waals surface area contributed by atoms with Gasteiger partial charge in [0.25, 0.3) is 0 Å². The molecule has 0 bridgehead atoms. The molecule has 2 atom stereocenters. The highest BCUT2D eigenvalue weighted by atomic mass is 16.5. The van der Waals surface area contributed by atoms with Gasteiger partial charge in [0.2, 0.25) is 0 Å². The van der Waals surface area contributed by atoms with Crippen molar-refractivity contribution in [2.75, 3.05) is 26.7 Å². The van der Waals surface area contributed by atoms with E-state index in [2.05, 4.69) is 24.5 Å². The minimum atomic E-state index is 0.423. The van der Waals surface area contributed by atoms with E-state index in [0.717, 1.165) is 25.4 Å². The molecule has 16 heavy (non-hydrogen) atoms. The van der Waals surface area contributed by atoms with Crippen LogP contribution in [0.5, 0.6) is 0 Å². The van der Waals surface area contributed by atoms with Crippen LogP contribution >= 0.6 is 0 Å². The predicted molar refractivity (Wildman–Crippen MR) is 66.6 cm³/mol. The Balaban J connectivity index is 1.62. The Hall–Kier alpha value is -0.120. The molecule has 1 aliphatic heterocycles. The zero-order chi connectivity index (χ0) is 11.6. The Morgan fingerprint density at radius 1 is 1.44 bits per heavy atom. The van der Waals surface area contributed by atoms with Crippen LogP contribution in [0.15, 0.2) is 0 Å². The number of hydrogen-bond donors (Lipinski definition) is 2. The molecule has 0 aromatic heterocycles. The fourth-order valence-corrected chi connectivity index (χ4v) is 2.73. The fourth-order valence-electron chi connectivity index (χ4n) is 2.73. The minimum absolute atomic E-state index is 0.423. The number of hydrogen-bond acceptors (Lipinski definition) is 3. The molecular formula is C13H26N2O. The summed E-state index contributed by atoms with van der Waals surface area (Å²) in [6, 6.07) is 0.605. The molecule has 1 aliphatic carbocycles. The van der Waals surface area contributed by atoms with E-state index in [1.165, 1.54) is 19.4 Å². The normalized spacial score (nSPS) is 32.2. The summed E-state index contributed by atoms with van der Waals surface area (Å²) in [5, 5.41) is 7.14. The summed E-state index contributed by atoms with van der Waals surface area (Å²) < 4.78 is 5.35. The van der Waals surface area contributed by atoms with E-state index in [1.807, 2.05) is 0 Å². The summed E-state index contributed by atoms with van der Waals surface area (Å²) >= 11 is 0. The number of methoxy groups -OCH3 is 1. The molecule has 0 spiro atoms. The van der Waals surface area contributed by atoms with Crippen LogP contribution in [0.1, 0.15) is 33.1 Å². The van der Waals surface area contributed by atoms with Crippen LogP contribution in [0.2, 0.25) is 0 Å². The molecule has 3 heteroatoms. The second-order valence-electron chi connectivity index (χ2n) is 5.85. The standard InChI is InChI=1S/C13H26N2O/c1-10(2)13(4-5-13)9-14-7-11-6-12(16-3)8-15-11/h10-12,14-15H,4-9H2,1-3H3. The third kappa shape index (κ3) is 2.76. The summed E-state index contributed by atoms with van der Waals surface area (Å²) in [5.41, 5.74) is 0.624. The summed E-state index contributed by atoms with van der Waals surface area (Å²) in [6.07, 6.45) is 4.40. The smallest absolute Gasteiger partial charge is 0.0711 e. The minimum Gasteiger partial charge on any atom is -0.380 e. The lowest BCUT2D eigenvalue weighted by molar-refractivity contribution is 0.117. The molecule has 2 rings (SSSR count). The first kappa shape index (κ1) is 12.3. The van der Waals surface area contributed by atoms with E-state index in [-0.39, 0.29) is 0 Å². The van der Waals surface area contributed by atoms with Crippen molar-refractivity contribution in [3.05, 3.63) is 0 Å². The van der Waals surface area contributed by atoms with Crippen LogP contribution in [-0.2, 0) is 4.74 Å². The largest absolute Gasteiger partial charge is 0.380 e. The second kappa shape index (κ2) is 5.03. The SMILES string of the molecule is COC1CNC(CNCC2(C(C)C)CC2)C1. The maximum atomic E-state index is 5.35. The second-order valence-corrected chi connectivity index (χ2v) is 5.85. The highest BCUT2D eigenvalue weighted by Gasteiger charge is 2.44. The molecule has 0 radical (unpaired) electrons. The van der Waals surface area contributed by atoms with Gasteiger partial charge < -0.3 is 15.4 Å². The molecule has 1 heterocycles. The van der Waals surface area contributed by atoms with Crippen molar-refractivity contribution in [3.8, 4) is 0 Å². The van der Waals surface area contributed by atoms with E-state index >= 15 is 0 Å². The van der Waals surface area contributed by atoms with Crippen LogP contribution < -0.4 is 10.6 Å². The topological polar surface area (TPSA) is 33.3 Å². The van der Waals surface area contributed by atoms with Crippen molar-refractivity contribution in [2.45, 2.75) is 45.3 Å². The third-order valence-corrected chi connectivity index (χ3v) is 4.50. The summed E-state index contributed by atoms with van der Waals surface area (Å²) in [7, 11) is 1.81. The van der Waals surface area contributed by atoms with Crippen LogP contribution in [-0.4, -0.2) is 38.9 Å². The molecule has 2 N–H and O–H groups in total. The zero-order valence-electron chi connectivity index (χ0n) is 10.9. The van der Waals surface area contributed by atoms with Crippen molar-refractivity contribution in [3.63, 3.8) is 0 Å². The average Bonchev–Trinajstić information content (AvgIpc) is 2.91. The van der Waals surface area contributed by atoms with Crippen LogP contribution in [0.3, 0.4) is 0 Å². The van der Waals surface area contributed by atoms with Gasteiger partial charge in [-0.15, -0.1) is 0 Å². The molecule has 0 amide bonds. The molecule has 0 aromatic carbocycles. The van der Waals surface area contributed by atoms with Gasteiger partial charge in [-0.05, 0) is 30.6 Å². The van der Waals surface area contributed by atoms with Crippen molar-refractivity contribution < 1.29 is 4.74 Å². The molecule has 2 aliphatic rings. The van der Waals surface area contributed by atoms with Gasteiger partial charge in [0.05, 0.1) is 6.10 Å². The summed E-state index contributed by atoms with van der Waals surface area (Å²) in [6.45, 7) is 8.00. The first-order chi connectivity index (χ1) is 7.66. The van der Waals surface area contributed by atoms with E-state index < -0.39 is 0 Å². The van der Waals surface area contributed by atoms with E-state index in [1.54, 1.807) is 7.11 Å². The van der Waals surface area contributed by atoms with Gasteiger partial charge in [0.15, 0.2) is 0 Å². The maximum Gasteiger partial charge on any atom is 0.0711 e. The van der Waals surface area contributed by atoms with Gasteiger partial charge in [-0.1, -0.05) is 13.8 Å². The Kier molecular flexibility index (Phi) is 3.88. The van der Waals surface area contributed by atoms with E-state index in [0.29, 0.717) is 17.6 Å². The Morgan fingerprint density at radius 2 is 2.19 bits per heavy atom. The lowest BCUT2D eigenvalue weighted by Crippen LogP contribution is -2.37. The van der Waals surface area contributed by atoms with Crippen molar-refractivity contribution in [2.24, 2.45) is 11.3 Å². The molecule has 2 fully saturated rings. The van der Waals surface area contributed by atoms with Gasteiger partial charge in [0, 0.05) is 32.8 Å². The van der Waals surface area contributed by atoms with Crippen molar-refractivity contribution in [1.29, 1.82) is 0 Å². The molecule has 94 valence electrons. The maximum absolute atomic E-state index is 5.35. The van der Waals surface area contributed by atoms with Gasteiger partial charge >= 0.3 is 0 Å². The quantitative estimate of drug-likeness (QED) is 0.718. The van der Waals surface area contributed by atoms with Crippen molar-refractivity contribution in [1.82, 2.24) is 10.6 Å². The van der Waals surface area contributed by atoms with E-state index in [4.69, 9.17) is 4.74 Å². The molecular weight excluding hydrogens is 200 g/mol. The molecule has 3 nitrogen and oxygen atoms in total. The number of ether oxygens (including phenoxy) is 1. The van der Waals surface area contributed by atoms with Gasteiger partial charge in [0.1, 0.15) is 0 Å². The lowest BCUT2D eigenvalue weighted by atomic mass is 9.92. The first-order valence-corrected chi connectivity index (χ1v) is 6.63. The van der Waals surface area contributed by atoms with Gasteiger partial charge in [-0.2, -0.15) is 0 Å². The number of rotatable bonds is 6. The fraction of sp³-hybridized carbons (Fsp3) is 1.00. The highest BCUT2D eigenvalue weighted by molar-refractivity contribution is 4.97. The molecule has 1 saturated carbocycles. The van der Waals surface area contributed by atoms with Crippen LogP contribution in [0.25, 0.3) is 0 Å². The number of nitrogens with one attached hydrogen (secondary N) is 2. The van der Waals surface area contributed by atoms with Gasteiger partial charge in [-0.25, -0.2) is 0 Å². The summed E-state index contributed by atoms with van der Waals surface area (Å²) in [4.78, 5) is 0. The van der Waals surface area contributed by atoms with Gasteiger partial charge in [-0.3, -0.25) is 0 Å². The summed E-state index contributed by atoms with van der Waals surface area (Å²) in [5.74, 6) is 0.822. The first-order valence-electron chi connectivity index (χ1n) is 6.63. The highest BCUT2D eigenvalue weighted by Crippen LogP contribution is 2.51. The lowest BCUT2D eigenvalue weighted by Gasteiger charge is -2.21. The third-order valence-electron chi connectivity index (χ3n) is 4.50. The zero-order valence-corrected chi connectivity index (χ0v) is 10.9. The molecule has 2 unspecified atom stereocenters. The van der Waals surface area contributed by atoms with Crippen molar-refractivity contribution >= 4 is 0 Å². The Bertz CT molecular complexity index is 226. The van der Waals surface area contributed by atoms with Crippen LogP contribution in [0, 0.1) is 11.3 Å². The van der Waals surface area contributed by atoms with Crippen LogP contribution in [0.4, 0.5) is 0 Å². The Morgan fingerprint density at radius 3 is 2.69 bits per heavy atom. The van der Waals surface area contributed by atoms with E-state index in [9.17, 15) is 0 Å². The predicted octanol–water partition coefficient (Wildman–Crippen LogP) is 1.39. The average molecular weight is 226 g/mol.